The van der Waals surface area contributed by atoms with Gasteiger partial charge in [-0.05, 0) is 36.8 Å². The first kappa shape index (κ1) is 14.5. The summed E-state index contributed by atoms with van der Waals surface area (Å²) in [6, 6.07) is 18.3. The molecule has 0 aliphatic rings. The van der Waals surface area contributed by atoms with E-state index in [2.05, 4.69) is 41.6 Å². The van der Waals surface area contributed by atoms with E-state index in [0.29, 0.717) is 0 Å². The molecule has 0 unspecified atom stereocenters. The molecule has 0 fully saturated rings. The van der Waals surface area contributed by atoms with E-state index in [9.17, 15) is 0 Å². The first-order valence-electron chi connectivity index (χ1n) is 7.89. The highest BCUT2D eigenvalue weighted by molar-refractivity contribution is 5.91. The van der Waals surface area contributed by atoms with E-state index >= 15 is 0 Å². The lowest BCUT2D eigenvalue weighted by molar-refractivity contribution is 0.414. The van der Waals surface area contributed by atoms with Crippen LogP contribution in [0, 0.1) is 0 Å². The van der Waals surface area contributed by atoms with Gasteiger partial charge in [0.05, 0.1) is 18.8 Å². The zero-order valence-electron chi connectivity index (χ0n) is 13.6. The Morgan fingerprint density at radius 3 is 2.62 bits per heavy atom. The third-order valence-corrected chi connectivity index (χ3v) is 4.21. The van der Waals surface area contributed by atoms with Crippen molar-refractivity contribution in [1.29, 1.82) is 0 Å². The summed E-state index contributed by atoms with van der Waals surface area (Å²) in [4.78, 5) is 4.73. The van der Waals surface area contributed by atoms with Crippen molar-refractivity contribution in [3.05, 3.63) is 66.4 Å². The Hall–Kier alpha value is -3.08. The molecule has 2 heterocycles. The molecule has 2 aromatic carbocycles. The van der Waals surface area contributed by atoms with E-state index in [1.807, 2.05) is 34.8 Å². The summed E-state index contributed by atoms with van der Waals surface area (Å²) in [7, 11) is 1.67. The second kappa shape index (κ2) is 5.85. The highest BCUT2D eigenvalue weighted by atomic mass is 16.5. The summed E-state index contributed by atoms with van der Waals surface area (Å²) in [5.74, 6) is 1.72. The molecule has 0 aliphatic heterocycles. The normalized spacial score (nSPS) is 12.4. The van der Waals surface area contributed by atoms with Crippen LogP contribution in [-0.4, -0.2) is 21.7 Å². The van der Waals surface area contributed by atoms with Crippen molar-refractivity contribution in [2.75, 3.05) is 12.4 Å². The Bertz CT molecular complexity index is 991. The molecule has 120 valence electrons. The number of nitrogens with zero attached hydrogens (tertiary/aromatic N) is 3. The Kier molecular flexibility index (Phi) is 3.54. The number of benzene rings is 2. The van der Waals surface area contributed by atoms with Gasteiger partial charge in [0.1, 0.15) is 11.6 Å². The minimum Gasteiger partial charge on any atom is -0.497 e. The molecular formula is C19H18N4O. The summed E-state index contributed by atoms with van der Waals surface area (Å²) in [6.45, 7) is 2.12. The van der Waals surface area contributed by atoms with Crippen LogP contribution in [0.5, 0.6) is 5.75 Å². The van der Waals surface area contributed by atoms with Crippen molar-refractivity contribution in [3.63, 3.8) is 0 Å². The monoisotopic (exact) mass is 318 g/mol. The van der Waals surface area contributed by atoms with Gasteiger partial charge in [0.25, 0.3) is 0 Å². The molecule has 0 spiro atoms. The molecule has 0 bridgehead atoms. The number of hydrogen-bond donors (Lipinski definition) is 1. The average Bonchev–Trinajstić information content (AvgIpc) is 3.10. The SMILES string of the molecule is COc1ccc([C@H](C)Nc2nc3ccnn3c3ccccc23)cc1. The van der Waals surface area contributed by atoms with E-state index in [0.717, 1.165) is 28.1 Å². The van der Waals surface area contributed by atoms with Crippen LogP contribution in [0.25, 0.3) is 16.6 Å². The van der Waals surface area contributed by atoms with Gasteiger partial charge in [0.15, 0.2) is 5.65 Å². The number of rotatable bonds is 4. The van der Waals surface area contributed by atoms with Gasteiger partial charge in [-0.15, -0.1) is 0 Å². The van der Waals surface area contributed by atoms with Gasteiger partial charge in [-0.3, -0.25) is 0 Å². The second-order valence-corrected chi connectivity index (χ2v) is 5.72. The summed E-state index contributed by atoms with van der Waals surface area (Å²) in [5, 5.41) is 8.93. The Morgan fingerprint density at radius 1 is 1.04 bits per heavy atom. The number of anilines is 1. The first-order valence-corrected chi connectivity index (χ1v) is 7.89. The third-order valence-electron chi connectivity index (χ3n) is 4.21. The second-order valence-electron chi connectivity index (χ2n) is 5.72. The molecule has 0 radical (unpaired) electrons. The van der Waals surface area contributed by atoms with Gasteiger partial charge in [-0.1, -0.05) is 24.3 Å². The minimum atomic E-state index is 0.122. The molecule has 5 heteroatoms. The number of nitrogens with one attached hydrogen (secondary N) is 1. The number of ether oxygens (including phenoxy) is 1. The molecule has 0 aliphatic carbocycles. The van der Waals surface area contributed by atoms with E-state index < -0.39 is 0 Å². The van der Waals surface area contributed by atoms with Crippen molar-refractivity contribution in [2.45, 2.75) is 13.0 Å². The molecule has 0 saturated carbocycles. The van der Waals surface area contributed by atoms with Crippen LogP contribution in [0.15, 0.2) is 60.8 Å². The van der Waals surface area contributed by atoms with Crippen LogP contribution in [0.3, 0.4) is 0 Å². The highest BCUT2D eigenvalue weighted by Crippen LogP contribution is 2.27. The fraction of sp³-hybridized carbons (Fsp3) is 0.158. The molecule has 0 amide bonds. The summed E-state index contributed by atoms with van der Waals surface area (Å²) < 4.78 is 7.08. The largest absolute Gasteiger partial charge is 0.497 e. The Labute approximate surface area is 139 Å². The maximum absolute atomic E-state index is 5.22. The fourth-order valence-corrected chi connectivity index (χ4v) is 2.89. The smallest absolute Gasteiger partial charge is 0.158 e. The summed E-state index contributed by atoms with van der Waals surface area (Å²) in [6.07, 6.45) is 1.77. The van der Waals surface area contributed by atoms with Gasteiger partial charge in [0.2, 0.25) is 0 Å². The van der Waals surface area contributed by atoms with Gasteiger partial charge >= 0.3 is 0 Å². The van der Waals surface area contributed by atoms with Crippen LogP contribution < -0.4 is 10.1 Å². The lowest BCUT2D eigenvalue weighted by Gasteiger charge is -2.17. The van der Waals surface area contributed by atoms with Gasteiger partial charge < -0.3 is 10.1 Å². The number of aromatic nitrogens is 3. The Balaban J connectivity index is 1.74. The number of methoxy groups -OCH3 is 1. The summed E-state index contributed by atoms with van der Waals surface area (Å²) >= 11 is 0. The van der Waals surface area contributed by atoms with E-state index in [-0.39, 0.29) is 6.04 Å². The van der Waals surface area contributed by atoms with Crippen molar-refractivity contribution >= 4 is 22.4 Å². The Morgan fingerprint density at radius 2 is 1.83 bits per heavy atom. The van der Waals surface area contributed by atoms with Crippen LogP contribution in [0.1, 0.15) is 18.5 Å². The maximum atomic E-state index is 5.22. The topological polar surface area (TPSA) is 51.5 Å². The predicted octanol–water partition coefficient (Wildman–Crippen LogP) is 4.06. The average molecular weight is 318 g/mol. The standard InChI is InChI=1S/C19H18N4O/c1-13(14-7-9-15(24-2)10-8-14)21-19-16-5-3-4-6-17(16)23-18(22-19)11-12-20-23/h3-13H,1-2H3,(H,21,22)/t13-/m0/s1. The zero-order valence-corrected chi connectivity index (χ0v) is 13.6. The number of hydrogen-bond acceptors (Lipinski definition) is 4. The molecule has 4 rings (SSSR count). The molecular weight excluding hydrogens is 300 g/mol. The lowest BCUT2D eigenvalue weighted by Crippen LogP contribution is -2.09. The van der Waals surface area contributed by atoms with E-state index in [1.54, 1.807) is 13.3 Å². The summed E-state index contributed by atoms with van der Waals surface area (Å²) in [5.41, 5.74) is 3.05. The lowest BCUT2D eigenvalue weighted by atomic mass is 10.1. The van der Waals surface area contributed by atoms with Crippen molar-refractivity contribution in [3.8, 4) is 5.75 Å². The van der Waals surface area contributed by atoms with Gasteiger partial charge in [-0.2, -0.15) is 5.10 Å². The van der Waals surface area contributed by atoms with Crippen LogP contribution in [-0.2, 0) is 0 Å². The maximum Gasteiger partial charge on any atom is 0.158 e. The molecule has 4 aromatic rings. The van der Waals surface area contributed by atoms with Gasteiger partial charge in [0, 0.05) is 17.5 Å². The molecule has 1 atom stereocenters. The quantitative estimate of drug-likeness (QED) is 0.616. The third kappa shape index (κ3) is 2.44. The van der Waals surface area contributed by atoms with Crippen molar-refractivity contribution < 1.29 is 4.74 Å². The fourth-order valence-electron chi connectivity index (χ4n) is 2.89. The highest BCUT2D eigenvalue weighted by Gasteiger charge is 2.12. The zero-order chi connectivity index (χ0) is 16.5. The number of para-hydroxylation sites is 1. The number of fused-ring (bicyclic) bond motifs is 3. The molecule has 24 heavy (non-hydrogen) atoms. The van der Waals surface area contributed by atoms with Crippen LogP contribution in [0.2, 0.25) is 0 Å². The predicted molar refractivity (Wildman–Crippen MR) is 95.5 cm³/mol. The van der Waals surface area contributed by atoms with Gasteiger partial charge in [-0.25, -0.2) is 9.50 Å². The molecule has 5 nitrogen and oxygen atoms in total. The molecule has 2 aromatic heterocycles. The molecule has 1 N–H and O–H groups in total. The van der Waals surface area contributed by atoms with Crippen molar-refractivity contribution in [1.82, 2.24) is 14.6 Å². The first-order chi connectivity index (χ1) is 11.8. The van der Waals surface area contributed by atoms with Crippen LogP contribution in [0.4, 0.5) is 5.82 Å². The molecule has 0 saturated heterocycles. The van der Waals surface area contributed by atoms with E-state index in [4.69, 9.17) is 9.72 Å². The van der Waals surface area contributed by atoms with Crippen molar-refractivity contribution in [2.24, 2.45) is 0 Å². The van der Waals surface area contributed by atoms with E-state index in [1.165, 1.54) is 5.56 Å². The minimum absolute atomic E-state index is 0.122. The van der Waals surface area contributed by atoms with Crippen LogP contribution >= 0.6 is 0 Å².